The molecule has 11 nitrogen and oxygen atoms in total. The smallest absolute Gasteiger partial charge is 0.413 e. The second kappa shape index (κ2) is 13.5. The second-order valence-corrected chi connectivity index (χ2v) is 11.6. The third kappa shape index (κ3) is 9.30. The maximum atomic E-state index is 12.6. The molecule has 4 N–H and O–H groups in total. The highest BCUT2D eigenvalue weighted by atomic mass is 31.1. The van der Waals surface area contributed by atoms with Crippen molar-refractivity contribution in [1.29, 1.82) is 0 Å². The molecule has 2 amide bonds. The third-order valence-electron chi connectivity index (χ3n) is 5.81. The van der Waals surface area contributed by atoms with Crippen LogP contribution in [0.1, 0.15) is 51.3 Å². The van der Waals surface area contributed by atoms with E-state index in [1.165, 1.54) is 6.20 Å². The second-order valence-electron chi connectivity index (χ2n) is 10.6. The molecule has 4 atom stereocenters. The average Bonchev–Trinajstić information content (AvgIpc) is 2.84. The van der Waals surface area contributed by atoms with Crippen LogP contribution in [0.4, 0.5) is 15.4 Å². The molecule has 0 bridgehead atoms. The van der Waals surface area contributed by atoms with Gasteiger partial charge in [0, 0.05) is 6.20 Å². The van der Waals surface area contributed by atoms with Crippen LogP contribution in [0.2, 0.25) is 0 Å². The Morgan fingerprint density at radius 2 is 1.72 bits per heavy atom. The number of nitrogens with one attached hydrogen (secondary N) is 2. The van der Waals surface area contributed by atoms with Crippen molar-refractivity contribution in [3.63, 3.8) is 0 Å². The quantitative estimate of drug-likeness (QED) is 0.286. The first-order valence-electron chi connectivity index (χ1n) is 12.4. The lowest BCUT2D eigenvalue weighted by atomic mass is 9.84. The molecule has 3 unspecified atom stereocenters. The molecule has 1 heterocycles. The van der Waals surface area contributed by atoms with Crippen LogP contribution in [-0.4, -0.2) is 50.3 Å². The Balaban J connectivity index is 2.23. The van der Waals surface area contributed by atoms with E-state index in [1.807, 2.05) is 6.07 Å². The summed E-state index contributed by atoms with van der Waals surface area (Å²) in [5.41, 5.74) is 0.982. The first-order valence-corrected chi connectivity index (χ1v) is 13.3. The summed E-state index contributed by atoms with van der Waals surface area (Å²) in [6.45, 7) is 10.1. The van der Waals surface area contributed by atoms with Crippen LogP contribution in [0.25, 0.3) is 0 Å². The van der Waals surface area contributed by atoms with Gasteiger partial charge in [-0.25, -0.2) is 14.6 Å². The Bertz CT molecular complexity index is 1170. The molecule has 0 aliphatic heterocycles. The van der Waals surface area contributed by atoms with Gasteiger partial charge in [0.1, 0.15) is 30.0 Å². The summed E-state index contributed by atoms with van der Waals surface area (Å²) in [6.07, 6.45) is -0.462. The van der Waals surface area contributed by atoms with E-state index in [9.17, 15) is 29.2 Å². The number of pyridine rings is 1. The van der Waals surface area contributed by atoms with Gasteiger partial charge in [0.25, 0.3) is 5.34 Å². The molecular weight excluding hydrogens is 525 g/mol. The Kier molecular flexibility index (Phi) is 10.9. The normalized spacial score (nSPS) is 14.7. The number of ether oxygens (including phenoxy) is 2. The topological polar surface area (TPSA) is 164 Å². The Morgan fingerprint density at radius 3 is 2.23 bits per heavy atom. The minimum atomic E-state index is -2.33. The third-order valence-corrected chi connectivity index (χ3v) is 6.80. The molecule has 0 saturated heterocycles. The van der Waals surface area contributed by atoms with Crippen LogP contribution in [0.3, 0.4) is 0 Å². The van der Waals surface area contributed by atoms with Crippen molar-refractivity contribution in [2.75, 3.05) is 5.32 Å². The zero-order chi connectivity index (χ0) is 29.4. The molecule has 212 valence electrons. The molecule has 0 spiro atoms. The number of carbonyl (C=O) groups is 3. The predicted molar refractivity (Wildman–Crippen MR) is 146 cm³/mol. The number of aryl methyl sites for hydroxylation is 1. The van der Waals surface area contributed by atoms with Gasteiger partial charge in [0.2, 0.25) is 0 Å². The van der Waals surface area contributed by atoms with Gasteiger partial charge in [-0.15, -0.1) is 0 Å². The van der Waals surface area contributed by atoms with Crippen LogP contribution < -0.4 is 10.6 Å². The fourth-order valence-corrected chi connectivity index (χ4v) is 4.87. The molecule has 2 rings (SSSR count). The molecule has 0 radical (unpaired) electrons. The average molecular weight is 563 g/mol. The lowest BCUT2D eigenvalue weighted by Gasteiger charge is -2.33. The van der Waals surface area contributed by atoms with Gasteiger partial charge >= 0.3 is 26.6 Å². The number of alkyl carbamates (subject to hydrolysis) is 1. The van der Waals surface area contributed by atoms with E-state index in [4.69, 9.17) is 9.47 Å². The molecule has 0 fully saturated rings. The summed E-state index contributed by atoms with van der Waals surface area (Å²) in [4.78, 5) is 41.2. The lowest BCUT2D eigenvalue weighted by Crippen LogP contribution is -2.58. The summed E-state index contributed by atoms with van der Waals surface area (Å²) in [7, 11) is -1.48. The minimum Gasteiger partial charge on any atom is -0.481 e. The monoisotopic (exact) mass is 562 g/mol. The number of carboxylic acids is 1. The highest BCUT2D eigenvalue weighted by Crippen LogP contribution is 2.38. The number of aliphatic carboxylic acids is 1. The zero-order valence-electron chi connectivity index (χ0n) is 23.0. The van der Waals surface area contributed by atoms with Gasteiger partial charge in [-0.2, -0.15) is 0 Å². The number of hydrogen-bond donors (Lipinski definition) is 4. The fourth-order valence-electron chi connectivity index (χ4n) is 3.97. The van der Waals surface area contributed by atoms with Gasteiger partial charge in [-0.3, -0.25) is 10.1 Å². The maximum Gasteiger partial charge on any atom is 0.413 e. The van der Waals surface area contributed by atoms with Crippen molar-refractivity contribution in [2.24, 2.45) is 11.8 Å². The highest BCUT2D eigenvalue weighted by molar-refractivity contribution is 7.25. The van der Waals surface area contributed by atoms with Gasteiger partial charge in [0.05, 0.1) is 0 Å². The molecule has 0 aliphatic rings. The van der Waals surface area contributed by atoms with E-state index in [2.05, 4.69) is 15.6 Å². The molecule has 12 heteroatoms. The van der Waals surface area contributed by atoms with Crippen molar-refractivity contribution in [1.82, 2.24) is 10.3 Å². The van der Waals surface area contributed by atoms with Gasteiger partial charge in [-0.05, 0) is 56.7 Å². The largest absolute Gasteiger partial charge is 0.481 e. The number of carbonyl (C=O) groups excluding carboxylic acids is 2. The summed E-state index contributed by atoms with van der Waals surface area (Å²) in [6, 6.07) is 9.34. The van der Waals surface area contributed by atoms with Crippen molar-refractivity contribution in [3.8, 4) is 0 Å². The summed E-state index contributed by atoms with van der Waals surface area (Å²) < 4.78 is 22.9. The summed E-state index contributed by atoms with van der Waals surface area (Å²) in [5.74, 6) is -3.24. The number of nitrogens with zero attached hydrogens (tertiary/aromatic N) is 1. The SMILES string of the molecule is Cc1cc(C[C@H](C(=O)O)C(O)([PH+]=O)C(NC(=O)OCc2ccccc2)C(C)C)cnc1NC(=O)OC(C)(C)C. The van der Waals surface area contributed by atoms with Crippen LogP contribution >= 0.6 is 8.46 Å². The number of aromatic nitrogens is 1. The molecule has 1 aromatic heterocycles. The maximum absolute atomic E-state index is 12.6. The summed E-state index contributed by atoms with van der Waals surface area (Å²) >= 11 is 0. The van der Waals surface area contributed by atoms with E-state index in [-0.39, 0.29) is 18.8 Å². The fraction of sp³-hybridized carbons (Fsp3) is 0.481. The van der Waals surface area contributed by atoms with E-state index >= 15 is 0 Å². The van der Waals surface area contributed by atoms with Crippen molar-refractivity contribution < 1.29 is 38.6 Å². The van der Waals surface area contributed by atoms with Crippen molar-refractivity contribution in [3.05, 3.63) is 59.3 Å². The van der Waals surface area contributed by atoms with Crippen LogP contribution in [0, 0.1) is 18.8 Å². The Labute approximate surface area is 229 Å². The first-order chi connectivity index (χ1) is 18.2. The number of amides is 2. The molecule has 1 aromatic carbocycles. The number of carboxylic acid groups (broad SMARTS) is 1. The number of rotatable bonds is 11. The Morgan fingerprint density at radius 1 is 1.08 bits per heavy atom. The van der Waals surface area contributed by atoms with E-state index in [1.54, 1.807) is 71.9 Å². The van der Waals surface area contributed by atoms with Crippen LogP contribution in [0.15, 0.2) is 42.6 Å². The highest BCUT2D eigenvalue weighted by Gasteiger charge is 2.57. The minimum absolute atomic E-state index is 0.0352. The molecule has 2 aromatic rings. The van der Waals surface area contributed by atoms with Gasteiger partial charge in [0.15, 0.2) is 0 Å². The van der Waals surface area contributed by atoms with Crippen LogP contribution in [0.5, 0.6) is 0 Å². The Hall–Kier alpha value is -3.56. The van der Waals surface area contributed by atoms with E-state index in [0.29, 0.717) is 11.1 Å². The lowest BCUT2D eigenvalue weighted by molar-refractivity contribution is -0.149. The molecule has 0 aliphatic carbocycles. The van der Waals surface area contributed by atoms with E-state index in [0.717, 1.165) is 5.56 Å². The van der Waals surface area contributed by atoms with Crippen molar-refractivity contribution in [2.45, 2.75) is 71.6 Å². The summed E-state index contributed by atoms with van der Waals surface area (Å²) in [5, 5.41) is 24.2. The number of anilines is 1. The first kappa shape index (κ1) is 31.7. The van der Waals surface area contributed by atoms with E-state index < -0.39 is 55.4 Å². The van der Waals surface area contributed by atoms with Gasteiger partial charge < -0.3 is 25.0 Å². The standard InChI is InChI=1S/C27H36N3O8P/c1-16(2)21(29-24(33)37-15-18-10-8-7-9-11-18)27(35,39-36)20(23(31)32)13-19-12-17(3)22(28-14-19)30-25(34)38-26(4,5)6/h7-12,14,16,20-21,35H,13,15H2,1-6H3,(H,29,33)(H,31,32)(H,28,30,34)/p+1/t20-,21?,27?/m1/s1. The molecular formula is C27H37N3O8P+. The number of hydrogen-bond acceptors (Lipinski definition) is 8. The zero-order valence-corrected chi connectivity index (χ0v) is 24.0. The van der Waals surface area contributed by atoms with Gasteiger partial charge in [-0.1, -0.05) is 54.8 Å². The van der Waals surface area contributed by atoms with Crippen LogP contribution in [-0.2, 0) is 31.9 Å². The predicted octanol–water partition coefficient (Wildman–Crippen LogP) is 4.64. The molecule has 39 heavy (non-hydrogen) atoms. The number of benzene rings is 1. The molecule has 0 saturated carbocycles. The number of aliphatic hydroxyl groups is 1. The van der Waals surface area contributed by atoms with Crippen molar-refractivity contribution >= 4 is 32.4 Å².